The van der Waals surface area contributed by atoms with Crippen molar-refractivity contribution in [3.05, 3.63) is 29.8 Å². The van der Waals surface area contributed by atoms with Gasteiger partial charge in [0, 0.05) is 6.04 Å². The number of nitrogens with one attached hydrogen (secondary N) is 2. The van der Waals surface area contributed by atoms with Gasteiger partial charge in [0.1, 0.15) is 12.4 Å². The third-order valence-corrected chi connectivity index (χ3v) is 4.66. The average Bonchev–Trinajstić information content (AvgIpc) is 2.55. The van der Waals surface area contributed by atoms with Crippen LogP contribution in [0.4, 0.5) is 0 Å². The van der Waals surface area contributed by atoms with Crippen LogP contribution in [0.25, 0.3) is 0 Å². The van der Waals surface area contributed by atoms with Crippen LogP contribution in [0.1, 0.15) is 25.3 Å². The number of benzene rings is 1. The Labute approximate surface area is 138 Å². The highest BCUT2D eigenvalue weighted by molar-refractivity contribution is 5.85. The van der Waals surface area contributed by atoms with E-state index in [-0.39, 0.29) is 30.3 Å². The van der Waals surface area contributed by atoms with Gasteiger partial charge in [-0.2, -0.15) is 0 Å². The smallest absolute Gasteiger partial charge is 0.227 e. The Balaban J connectivity index is 0.00000176. The molecule has 1 aromatic carbocycles. The Hall–Kier alpha value is -1.26. The summed E-state index contributed by atoms with van der Waals surface area (Å²) in [6, 6.07) is 8.21. The summed E-state index contributed by atoms with van der Waals surface area (Å²) in [5, 5.41) is 6.60. The minimum absolute atomic E-state index is 0. The summed E-state index contributed by atoms with van der Waals surface area (Å²) in [4.78, 5) is 12.4. The highest BCUT2D eigenvalue weighted by Crippen LogP contribution is 2.27. The quantitative estimate of drug-likeness (QED) is 0.896. The van der Waals surface area contributed by atoms with Crippen LogP contribution in [0, 0.1) is 11.8 Å². The van der Waals surface area contributed by atoms with E-state index in [1.54, 1.807) is 0 Å². The summed E-state index contributed by atoms with van der Waals surface area (Å²) < 4.78 is 5.71. The van der Waals surface area contributed by atoms with Gasteiger partial charge in [-0.3, -0.25) is 4.79 Å². The first-order valence-electron chi connectivity index (χ1n) is 7.96. The molecule has 1 saturated heterocycles. The first-order valence-corrected chi connectivity index (χ1v) is 7.96. The molecule has 0 aromatic heterocycles. The fourth-order valence-electron chi connectivity index (χ4n) is 3.26. The topological polar surface area (TPSA) is 50.4 Å². The van der Waals surface area contributed by atoms with Crippen molar-refractivity contribution in [2.45, 2.75) is 32.2 Å². The van der Waals surface area contributed by atoms with Crippen LogP contribution in [0.15, 0.2) is 24.3 Å². The Morgan fingerprint density at radius 3 is 3.00 bits per heavy atom. The summed E-state index contributed by atoms with van der Waals surface area (Å²) in [6.45, 7) is 4.71. The van der Waals surface area contributed by atoms with E-state index in [0.29, 0.717) is 12.5 Å². The number of piperidine rings is 1. The number of carbonyl (C=O) groups is 1. The molecule has 3 unspecified atom stereocenters. The summed E-state index contributed by atoms with van der Waals surface area (Å²) in [6.07, 6.45) is 3.17. The second kappa shape index (κ2) is 7.84. The van der Waals surface area contributed by atoms with E-state index in [4.69, 9.17) is 4.74 Å². The first kappa shape index (κ1) is 17.1. The van der Waals surface area contributed by atoms with Gasteiger partial charge in [-0.15, -0.1) is 12.4 Å². The molecule has 0 spiro atoms. The number of rotatable bonds is 3. The molecule has 22 heavy (non-hydrogen) atoms. The van der Waals surface area contributed by atoms with E-state index in [2.05, 4.69) is 17.6 Å². The predicted octanol–water partition coefficient (Wildman–Crippen LogP) is 2.16. The summed E-state index contributed by atoms with van der Waals surface area (Å²) >= 11 is 0. The standard InChI is InChI=1S/C17H24N2O2.ClH/c1-12(14-6-4-8-18-10-14)19-17(20)15-9-13-5-2-3-7-16(13)21-11-15;/h2-3,5,7,12,14-15,18H,4,6,8-11H2,1H3,(H,19,20);1H. The van der Waals surface area contributed by atoms with E-state index in [0.717, 1.165) is 30.8 Å². The third-order valence-electron chi connectivity index (χ3n) is 4.66. The van der Waals surface area contributed by atoms with Gasteiger partial charge in [-0.05, 0) is 56.8 Å². The molecule has 5 heteroatoms. The van der Waals surface area contributed by atoms with Crippen molar-refractivity contribution < 1.29 is 9.53 Å². The number of fused-ring (bicyclic) bond motifs is 1. The number of hydrogen-bond donors (Lipinski definition) is 2. The molecule has 2 aliphatic rings. The number of carbonyl (C=O) groups excluding carboxylic acids is 1. The van der Waals surface area contributed by atoms with Crippen LogP contribution in [0.3, 0.4) is 0 Å². The number of halogens is 1. The molecule has 2 N–H and O–H groups in total. The molecule has 0 saturated carbocycles. The SMILES string of the molecule is CC(NC(=O)C1COc2ccccc2C1)C1CCCNC1.Cl. The molecule has 1 aromatic rings. The van der Waals surface area contributed by atoms with Gasteiger partial charge in [0.05, 0.1) is 5.92 Å². The Morgan fingerprint density at radius 2 is 2.23 bits per heavy atom. The Kier molecular flexibility index (Phi) is 6.09. The Bertz CT molecular complexity index is 503. The second-order valence-corrected chi connectivity index (χ2v) is 6.22. The van der Waals surface area contributed by atoms with E-state index < -0.39 is 0 Å². The number of amides is 1. The number of ether oxygens (including phenoxy) is 1. The van der Waals surface area contributed by atoms with Crippen molar-refractivity contribution in [1.29, 1.82) is 0 Å². The first-order chi connectivity index (χ1) is 10.2. The van der Waals surface area contributed by atoms with Crippen molar-refractivity contribution >= 4 is 18.3 Å². The maximum atomic E-state index is 12.4. The van der Waals surface area contributed by atoms with Gasteiger partial charge < -0.3 is 15.4 Å². The summed E-state index contributed by atoms with van der Waals surface area (Å²) in [5.74, 6) is 1.52. The predicted molar refractivity (Wildman–Crippen MR) is 89.6 cm³/mol. The lowest BCUT2D eigenvalue weighted by atomic mass is 9.91. The van der Waals surface area contributed by atoms with Gasteiger partial charge in [0.25, 0.3) is 0 Å². The minimum Gasteiger partial charge on any atom is -0.492 e. The van der Waals surface area contributed by atoms with Gasteiger partial charge in [0.2, 0.25) is 5.91 Å². The molecule has 0 aliphatic carbocycles. The van der Waals surface area contributed by atoms with Crippen molar-refractivity contribution in [3.8, 4) is 5.75 Å². The molecule has 2 aliphatic heterocycles. The molecular formula is C17H25ClN2O2. The van der Waals surface area contributed by atoms with E-state index in [1.807, 2.05) is 24.3 Å². The largest absolute Gasteiger partial charge is 0.492 e. The van der Waals surface area contributed by atoms with Crippen molar-refractivity contribution in [3.63, 3.8) is 0 Å². The summed E-state index contributed by atoms with van der Waals surface area (Å²) in [5.41, 5.74) is 1.14. The normalized spacial score (nSPS) is 25.1. The molecule has 1 fully saturated rings. The molecule has 4 nitrogen and oxygen atoms in total. The molecule has 3 rings (SSSR count). The molecule has 3 atom stereocenters. The monoisotopic (exact) mass is 324 g/mol. The second-order valence-electron chi connectivity index (χ2n) is 6.22. The zero-order chi connectivity index (χ0) is 14.7. The van der Waals surface area contributed by atoms with E-state index in [9.17, 15) is 4.79 Å². The van der Waals surface area contributed by atoms with Crippen molar-refractivity contribution in [2.75, 3.05) is 19.7 Å². The fourth-order valence-corrected chi connectivity index (χ4v) is 3.26. The van der Waals surface area contributed by atoms with Crippen molar-refractivity contribution in [2.24, 2.45) is 11.8 Å². The van der Waals surface area contributed by atoms with Crippen LogP contribution in [0.5, 0.6) is 5.75 Å². The highest BCUT2D eigenvalue weighted by Gasteiger charge is 2.28. The van der Waals surface area contributed by atoms with Gasteiger partial charge in [-0.25, -0.2) is 0 Å². The van der Waals surface area contributed by atoms with Crippen LogP contribution in [-0.2, 0) is 11.2 Å². The maximum absolute atomic E-state index is 12.4. The molecule has 122 valence electrons. The van der Waals surface area contributed by atoms with Crippen molar-refractivity contribution in [1.82, 2.24) is 10.6 Å². The third kappa shape index (κ3) is 3.93. The molecular weight excluding hydrogens is 300 g/mol. The molecule has 2 heterocycles. The zero-order valence-corrected chi connectivity index (χ0v) is 13.8. The van der Waals surface area contributed by atoms with Crippen LogP contribution < -0.4 is 15.4 Å². The number of para-hydroxylation sites is 1. The average molecular weight is 325 g/mol. The highest BCUT2D eigenvalue weighted by atomic mass is 35.5. The zero-order valence-electron chi connectivity index (χ0n) is 13.0. The number of hydrogen-bond acceptors (Lipinski definition) is 3. The van der Waals surface area contributed by atoms with E-state index >= 15 is 0 Å². The van der Waals surface area contributed by atoms with Gasteiger partial charge >= 0.3 is 0 Å². The van der Waals surface area contributed by atoms with Crippen LogP contribution in [-0.4, -0.2) is 31.6 Å². The lowest BCUT2D eigenvalue weighted by Gasteiger charge is -2.31. The molecule has 0 bridgehead atoms. The van der Waals surface area contributed by atoms with Crippen LogP contribution in [0.2, 0.25) is 0 Å². The van der Waals surface area contributed by atoms with E-state index in [1.165, 1.54) is 12.8 Å². The Morgan fingerprint density at radius 1 is 1.41 bits per heavy atom. The lowest BCUT2D eigenvalue weighted by Crippen LogP contribution is -2.47. The lowest BCUT2D eigenvalue weighted by molar-refractivity contribution is -0.127. The minimum atomic E-state index is -0.0705. The maximum Gasteiger partial charge on any atom is 0.227 e. The summed E-state index contributed by atoms with van der Waals surface area (Å²) in [7, 11) is 0. The van der Waals surface area contributed by atoms with Crippen LogP contribution >= 0.6 is 12.4 Å². The van der Waals surface area contributed by atoms with Gasteiger partial charge in [0.15, 0.2) is 0 Å². The molecule has 0 radical (unpaired) electrons. The van der Waals surface area contributed by atoms with Gasteiger partial charge in [-0.1, -0.05) is 18.2 Å². The molecule has 1 amide bonds. The fraction of sp³-hybridized carbons (Fsp3) is 0.588.